The van der Waals surface area contributed by atoms with Gasteiger partial charge in [0.1, 0.15) is 11.8 Å². The maximum atomic E-state index is 8.79. The number of nitriles is 1. The Balaban J connectivity index is 2.17. The van der Waals surface area contributed by atoms with Gasteiger partial charge in [-0.05, 0) is 23.8 Å². The highest BCUT2D eigenvalue weighted by Crippen LogP contribution is 2.12. The van der Waals surface area contributed by atoms with Crippen LogP contribution in [0.15, 0.2) is 36.5 Å². The molecule has 1 aromatic heterocycles. The summed E-state index contributed by atoms with van der Waals surface area (Å²) in [6.45, 7) is 0.639. The van der Waals surface area contributed by atoms with Crippen LogP contribution in [-0.4, -0.2) is 17.0 Å². The van der Waals surface area contributed by atoms with Crippen molar-refractivity contribution >= 4 is 11.6 Å². The van der Waals surface area contributed by atoms with E-state index in [2.05, 4.69) is 9.97 Å². The van der Waals surface area contributed by atoms with Crippen molar-refractivity contribution < 1.29 is 0 Å². The number of anilines is 2. The second-order valence-electron chi connectivity index (χ2n) is 3.95. The third-order valence-electron chi connectivity index (χ3n) is 2.47. The van der Waals surface area contributed by atoms with Gasteiger partial charge < -0.3 is 10.6 Å². The minimum absolute atomic E-state index is 0.361. The molecule has 0 bridgehead atoms. The molecule has 0 aliphatic rings. The molecule has 0 unspecified atom stereocenters. The predicted octanol–water partition coefficient (Wildman–Crippen LogP) is 1.57. The van der Waals surface area contributed by atoms with Gasteiger partial charge in [0.25, 0.3) is 0 Å². The predicted molar refractivity (Wildman–Crippen MR) is 69.7 cm³/mol. The maximum absolute atomic E-state index is 8.79. The van der Waals surface area contributed by atoms with Gasteiger partial charge in [0, 0.05) is 25.5 Å². The number of aromatic nitrogens is 2. The van der Waals surface area contributed by atoms with Crippen LogP contribution < -0.4 is 10.6 Å². The van der Waals surface area contributed by atoms with E-state index in [1.165, 1.54) is 0 Å². The van der Waals surface area contributed by atoms with Crippen LogP contribution in [0.4, 0.5) is 11.6 Å². The SMILES string of the molecule is CN(Cc1cccc(N)c1)c1nccc(C#N)n1. The van der Waals surface area contributed by atoms with Gasteiger partial charge in [-0.1, -0.05) is 12.1 Å². The summed E-state index contributed by atoms with van der Waals surface area (Å²) in [5.41, 5.74) is 7.89. The van der Waals surface area contributed by atoms with E-state index in [0.717, 1.165) is 11.3 Å². The number of hydrogen-bond acceptors (Lipinski definition) is 5. The Morgan fingerprint density at radius 3 is 2.94 bits per heavy atom. The topological polar surface area (TPSA) is 78.8 Å². The summed E-state index contributed by atoms with van der Waals surface area (Å²) >= 11 is 0. The largest absolute Gasteiger partial charge is 0.399 e. The fraction of sp³-hybridized carbons (Fsp3) is 0.154. The first kappa shape index (κ1) is 11.9. The Hall–Kier alpha value is -2.61. The third kappa shape index (κ3) is 2.74. The molecule has 2 N–H and O–H groups in total. The van der Waals surface area contributed by atoms with Crippen LogP contribution in [0.3, 0.4) is 0 Å². The first-order valence-electron chi connectivity index (χ1n) is 5.48. The van der Waals surface area contributed by atoms with Crippen LogP contribution in [-0.2, 0) is 6.54 Å². The van der Waals surface area contributed by atoms with Crippen LogP contribution >= 0.6 is 0 Å². The lowest BCUT2D eigenvalue weighted by Gasteiger charge is -2.17. The van der Waals surface area contributed by atoms with Crippen molar-refractivity contribution in [2.75, 3.05) is 17.7 Å². The lowest BCUT2D eigenvalue weighted by atomic mass is 10.2. The molecule has 90 valence electrons. The van der Waals surface area contributed by atoms with Gasteiger partial charge in [0.2, 0.25) is 5.95 Å². The van der Waals surface area contributed by atoms with Gasteiger partial charge in [0.15, 0.2) is 0 Å². The van der Waals surface area contributed by atoms with Gasteiger partial charge in [0.05, 0.1) is 0 Å². The zero-order chi connectivity index (χ0) is 13.0. The Morgan fingerprint density at radius 2 is 2.22 bits per heavy atom. The summed E-state index contributed by atoms with van der Waals surface area (Å²) < 4.78 is 0. The lowest BCUT2D eigenvalue weighted by molar-refractivity contribution is 0.864. The second-order valence-corrected chi connectivity index (χ2v) is 3.95. The van der Waals surface area contributed by atoms with Crippen LogP contribution in [0, 0.1) is 11.3 Å². The molecule has 0 saturated heterocycles. The van der Waals surface area contributed by atoms with Crippen molar-refractivity contribution in [3.63, 3.8) is 0 Å². The van der Waals surface area contributed by atoms with Crippen molar-refractivity contribution in [2.45, 2.75) is 6.54 Å². The fourth-order valence-electron chi connectivity index (χ4n) is 1.63. The molecule has 1 heterocycles. The van der Waals surface area contributed by atoms with Crippen molar-refractivity contribution in [3.8, 4) is 6.07 Å². The fourth-order valence-corrected chi connectivity index (χ4v) is 1.63. The molecule has 0 atom stereocenters. The van der Waals surface area contributed by atoms with Gasteiger partial charge in [-0.15, -0.1) is 0 Å². The van der Waals surface area contributed by atoms with E-state index in [-0.39, 0.29) is 0 Å². The zero-order valence-corrected chi connectivity index (χ0v) is 10.0. The van der Waals surface area contributed by atoms with E-state index in [0.29, 0.717) is 18.2 Å². The van der Waals surface area contributed by atoms with Crippen LogP contribution in [0.1, 0.15) is 11.3 Å². The van der Waals surface area contributed by atoms with E-state index in [9.17, 15) is 0 Å². The molecule has 0 amide bonds. The van der Waals surface area contributed by atoms with Crippen LogP contribution in [0.2, 0.25) is 0 Å². The average molecular weight is 239 g/mol. The summed E-state index contributed by atoms with van der Waals surface area (Å²) in [4.78, 5) is 10.1. The summed E-state index contributed by atoms with van der Waals surface area (Å²) in [5, 5.41) is 8.79. The number of nitrogens with zero attached hydrogens (tertiary/aromatic N) is 4. The maximum Gasteiger partial charge on any atom is 0.226 e. The molecule has 5 nitrogen and oxygen atoms in total. The molecule has 2 aromatic rings. The Morgan fingerprint density at radius 1 is 1.39 bits per heavy atom. The molecule has 5 heteroatoms. The van der Waals surface area contributed by atoms with Crippen LogP contribution in [0.25, 0.3) is 0 Å². The van der Waals surface area contributed by atoms with Crippen molar-refractivity contribution in [1.29, 1.82) is 5.26 Å². The zero-order valence-electron chi connectivity index (χ0n) is 10.0. The average Bonchev–Trinajstić information content (AvgIpc) is 2.39. The van der Waals surface area contributed by atoms with Crippen LogP contribution in [0.5, 0.6) is 0 Å². The summed E-state index contributed by atoms with van der Waals surface area (Å²) in [5.74, 6) is 0.525. The highest BCUT2D eigenvalue weighted by molar-refractivity contribution is 5.42. The summed E-state index contributed by atoms with van der Waals surface area (Å²) in [6, 6.07) is 11.2. The quantitative estimate of drug-likeness (QED) is 0.822. The molecule has 0 aliphatic carbocycles. The Labute approximate surface area is 106 Å². The highest BCUT2D eigenvalue weighted by Gasteiger charge is 2.06. The molecule has 1 aromatic carbocycles. The Bertz CT molecular complexity index is 588. The van der Waals surface area contributed by atoms with Gasteiger partial charge in [-0.2, -0.15) is 5.26 Å². The minimum atomic E-state index is 0.361. The summed E-state index contributed by atoms with van der Waals surface area (Å²) in [7, 11) is 1.87. The molecular formula is C13H13N5. The number of benzene rings is 1. The molecule has 18 heavy (non-hydrogen) atoms. The number of hydrogen-bond donors (Lipinski definition) is 1. The third-order valence-corrected chi connectivity index (χ3v) is 2.47. The molecule has 0 spiro atoms. The van der Waals surface area contributed by atoms with Gasteiger partial charge >= 0.3 is 0 Å². The second kappa shape index (κ2) is 5.15. The van der Waals surface area contributed by atoms with Crippen molar-refractivity contribution in [3.05, 3.63) is 47.8 Å². The normalized spacial score (nSPS) is 9.78. The molecule has 0 radical (unpaired) electrons. The number of nitrogens with two attached hydrogens (primary N) is 1. The molecule has 2 rings (SSSR count). The summed E-state index contributed by atoms with van der Waals surface area (Å²) in [6.07, 6.45) is 1.58. The standard InChI is InChI=1S/C13H13N5/c1-18(9-10-3-2-4-11(15)7-10)13-16-6-5-12(8-14)17-13/h2-7H,9,15H2,1H3. The highest BCUT2D eigenvalue weighted by atomic mass is 15.2. The smallest absolute Gasteiger partial charge is 0.226 e. The number of rotatable bonds is 3. The minimum Gasteiger partial charge on any atom is -0.399 e. The van der Waals surface area contributed by atoms with Crippen molar-refractivity contribution in [2.24, 2.45) is 0 Å². The molecule has 0 aliphatic heterocycles. The van der Waals surface area contributed by atoms with E-state index in [1.54, 1.807) is 12.3 Å². The van der Waals surface area contributed by atoms with Crippen molar-refractivity contribution in [1.82, 2.24) is 9.97 Å². The first-order chi connectivity index (χ1) is 8.69. The molecule has 0 saturated carbocycles. The van der Waals surface area contributed by atoms with E-state index < -0.39 is 0 Å². The van der Waals surface area contributed by atoms with Gasteiger partial charge in [-0.25, -0.2) is 9.97 Å². The lowest BCUT2D eigenvalue weighted by Crippen LogP contribution is -2.19. The monoisotopic (exact) mass is 239 g/mol. The molecule has 0 fully saturated rings. The number of nitrogen functional groups attached to an aromatic ring is 1. The van der Waals surface area contributed by atoms with E-state index in [4.69, 9.17) is 11.0 Å². The molecular weight excluding hydrogens is 226 g/mol. The Kier molecular flexibility index (Phi) is 3.39. The van der Waals surface area contributed by atoms with Gasteiger partial charge in [-0.3, -0.25) is 0 Å². The first-order valence-corrected chi connectivity index (χ1v) is 5.48. The van der Waals surface area contributed by atoms with E-state index >= 15 is 0 Å². The van der Waals surface area contributed by atoms with E-state index in [1.807, 2.05) is 42.3 Å².